The number of hydrogen-bond acceptors (Lipinski definition) is 2. The SMILES string of the molecule is CCO[SiH](OCC)c1ccc(-c2ccccc2)cc1. The minimum absolute atomic E-state index is 0.706. The lowest BCUT2D eigenvalue weighted by molar-refractivity contribution is 0.225. The second-order valence-electron chi connectivity index (χ2n) is 4.23. The Bertz CT molecular complexity index is 476. The standard InChI is InChI=1S/C16H20O2Si/c1-3-17-19(18-4-2)16-12-10-15(11-13-16)14-8-6-5-7-9-14/h5-13,19H,3-4H2,1-2H3. The molecular formula is C16H20O2Si. The molecule has 3 heteroatoms. The molecular weight excluding hydrogens is 252 g/mol. The van der Waals surface area contributed by atoms with Crippen LogP contribution in [-0.2, 0) is 8.85 Å². The molecule has 0 atom stereocenters. The van der Waals surface area contributed by atoms with Crippen molar-refractivity contribution in [1.82, 2.24) is 0 Å². The monoisotopic (exact) mass is 272 g/mol. The molecule has 2 rings (SSSR count). The van der Waals surface area contributed by atoms with Crippen molar-refractivity contribution in [3.05, 3.63) is 54.6 Å². The Labute approximate surface area is 116 Å². The van der Waals surface area contributed by atoms with Gasteiger partial charge in [-0.1, -0.05) is 54.6 Å². The predicted octanol–water partition coefficient (Wildman–Crippen LogP) is 2.85. The first kappa shape index (κ1) is 14.0. The summed E-state index contributed by atoms with van der Waals surface area (Å²) >= 11 is 0. The Morgan fingerprint density at radius 3 is 1.79 bits per heavy atom. The van der Waals surface area contributed by atoms with E-state index in [2.05, 4.69) is 48.5 Å². The quantitative estimate of drug-likeness (QED) is 0.753. The van der Waals surface area contributed by atoms with Crippen LogP contribution in [0.15, 0.2) is 54.6 Å². The smallest absolute Gasteiger partial charge is 0.355 e. The van der Waals surface area contributed by atoms with E-state index in [1.54, 1.807) is 0 Å². The summed E-state index contributed by atoms with van der Waals surface area (Å²) < 4.78 is 11.5. The minimum atomic E-state index is -1.71. The molecule has 0 unspecified atom stereocenters. The van der Waals surface area contributed by atoms with E-state index in [4.69, 9.17) is 8.85 Å². The Morgan fingerprint density at radius 2 is 1.26 bits per heavy atom. The van der Waals surface area contributed by atoms with Gasteiger partial charge in [-0.2, -0.15) is 0 Å². The normalized spacial score (nSPS) is 10.9. The number of hydrogen-bond donors (Lipinski definition) is 0. The van der Waals surface area contributed by atoms with Gasteiger partial charge in [0.25, 0.3) is 0 Å². The van der Waals surface area contributed by atoms with Gasteiger partial charge in [0.2, 0.25) is 0 Å². The summed E-state index contributed by atoms with van der Waals surface area (Å²) in [5, 5.41) is 1.20. The van der Waals surface area contributed by atoms with E-state index >= 15 is 0 Å². The first-order valence-electron chi connectivity index (χ1n) is 6.73. The van der Waals surface area contributed by atoms with Gasteiger partial charge in [-0.3, -0.25) is 0 Å². The minimum Gasteiger partial charge on any atom is -0.394 e. The van der Waals surface area contributed by atoms with Gasteiger partial charge in [0.15, 0.2) is 0 Å². The fourth-order valence-electron chi connectivity index (χ4n) is 2.01. The molecule has 0 aromatic heterocycles. The van der Waals surface area contributed by atoms with E-state index in [1.165, 1.54) is 16.3 Å². The maximum atomic E-state index is 5.73. The number of rotatable bonds is 6. The van der Waals surface area contributed by atoms with Gasteiger partial charge in [0.1, 0.15) is 0 Å². The lowest BCUT2D eigenvalue weighted by atomic mass is 10.1. The van der Waals surface area contributed by atoms with Gasteiger partial charge < -0.3 is 8.85 Å². The van der Waals surface area contributed by atoms with Crippen molar-refractivity contribution >= 4 is 14.5 Å². The average molecular weight is 272 g/mol. The van der Waals surface area contributed by atoms with Crippen molar-refractivity contribution in [3.8, 4) is 11.1 Å². The van der Waals surface area contributed by atoms with Crippen LogP contribution in [0, 0.1) is 0 Å². The number of benzene rings is 2. The molecule has 0 aliphatic carbocycles. The average Bonchev–Trinajstić information content (AvgIpc) is 2.48. The summed E-state index contributed by atoms with van der Waals surface area (Å²) in [5.41, 5.74) is 2.46. The zero-order valence-electron chi connectivity index (χ0n) is 11.5. The summed E-state index contributed by atoms with van der Waals surface area (Å²) in [6.45, 7) is 5.43. The van der Waals surface area contributed by atoms with Crippen LogP contribution >= 0.6 is 0 Å². The maximum absolute atomic E-state index is 5.73. The molecule has 0 saturated carbocycles. The lowest BCUT2D eigenvalue weighted by Gasteiger charge is -2.15. The van der Waals surface area contributed by atoms with E-state index in [9.17, 15) is 0 Å². The summed E-state index contributed by atoms with van der Waals surface area (Å²) in [4.78, 5) is 0. The van der Waals surface area contributed by atoms with Crippen molar-refractivity contribution < 1.29 is 8.85 Å². The topological polar surface area (TPSA) is 18.5 Å². The molecule has 2 nitrogen and oxygen atoms in total. The molecule has 0 aliphatic rings. The Morgan fingerprint density at radius 1 is 0.737 bits per heavy atom. The molecule has 0 radical (unpaired) electrons. The second kappa shape index (κ2) is 7.24. The van der Waals surface area contributed by atoms with Crippen molar-refractivity contribution in [1.29, 1.82) is 0 Å². The van der Waals surface area contributed by atoms with Crippen LogP contribution in [0.1, 0.15) is 13.8 Å². The van der Waals surface area contributed by atoms with E-state index in [0.717, 1.165) is 0 Å². The zero-order valence-corrected chi connectivity index (χ0v) is 12.7. The molecule has 100 valence electrons. The Kier molecular flexibility index (Phi) is 5.33. The van der Waals surface area contributed by atoms with Gasteiger partial charge in [-0.05, 0) is 30.2 Å². The van der Waals surface area contributed by atoms with Crippen LogP contribution in [0.4, 0.5) is 0 Å². The molecule has 0 bridgehead atoms. The zero-order chi connectivity index (χ0) is 13.5. The molecule has 2 aromatic rings. The van der Waals surface area contributed by atoms with Gasteiger partial charge in [-0.25, -0.2) is 0 Å². The lowest BCUT2D eigenvalue weighted by Crippen LogP contribution is -2.36. The van der Waals surface area contributed by atoms with Crippen molar-refractivity contribution in [2.75, 3.05) is 13.2 Å². The first-order chi connectivity index (χ1) is 9.35. The Balaban J connectivity index is 2.17. The largest absolute Gasteiger partial charge is 0.394 e. The van der Waals surface area contributed by atoms with E-state index in [-0.39, 0.29) is 0 Å². The summed E-state index contributed by atoms with van der Waals surface area (Å²) in [6.07, 6.45) is 0. The highest BCUT2D eigenvalue weighted by atomic mass is 28.3. The van der Waals surface area contributed by atoms with Crippen LogP contribution in [0.3, 0.4) is 0 Å². The molecule has 0 saturated heterocycles. The van der Waals surface area contributed by atoms with Gasteiger partial charge >= 0.3 is 9.28 Å². The van der Waals surface area contributed by atoms with Crippen LogP contribution in [-0.4, -0.2) is 22.5 Å². The molecule has 0 amide bonds. The highest BCUT2D eigenvalue weighted by Crippen LogP contribution is 2.17. The van der Waals surface area contributed by atoms with E-state index in [0.29, 0.717) is 13.2 Å². The predicted molar refractivity (Wildman–Crippen MR) is 81.9 cm³/mol. The summed E-state index contributed by atoms with van der Waals surface area (Å²) in [5.74, 6) is 0. The molecule has 0 spiro atoms. The molecule has 19 heavy (non-hydrogen) atoms. The second-order valence-corrected chi connectivity index (χ2v) is 6.23. The fraction of sp³-hybridized carbons (Fsp3) is 0.250. The third kappa shape index (κ3) is 3.77. The maximum Gasteiger partial charge on any atom is 0.355 e. The summed E-state index contributed by atoms with van der Waals surface area (Å²) in [6, 6.07) is 18.9. The molecule has 0 heterocycles. The third-order valence-electron chi connectivity index (χ3n) is 2.93. The van der Waals surface area contributed by atoms with Gasteiger partial charge in [-0.15, -0.1) is 0 Å². The highest BCUT2D eigenvalue weighted by Gasteiger charge is 2.15. The molecule has 0 fully saturated rings. The van der Waals surface area contributed by atoms with Crippen LogP contribution in [0.25, 0.3) is 11.1 Å². The van der Waals surface area contributed by atoms with Gasteiger partial charge in [0, 0.05) is 13.2 Å². The van der Waals surface area contributed by atoms with Crippen LogP contribution < -0.4 is 5.19 Å². The third-order valence-corrected chi connectivity index (χ3v) is 5.13. The summed E-state index contributed by atoms with van der Waals surface area (Å²) in [7, 11) is -1.71. The molecule has 2 aromatic carbocycles. The Hall–Kier alpha value is -1.42. The first-order valence-corrected chi connectivity index (χ1v) is 8.25. The van der Waals surface area contributed by atoms with Crippen LogP contribution in [0.5, 0.6) is 0 Å². The van der Waals surface area contributed by atoms with Crippen molar-refractivity contribution in [2.45, 2.75) is 13.8 Å². The van der Waals surface area contributed by atoms with Crippen molar-refractivity contribution in [2.24, 2.45) is 0 Å². The highest BCUT2D eigenvalue weighted by molar-refractivity contribution is 6.61. The van der Waals surface area contributed by atoms with Gasteiger partial charge in [0.05, 0.1) is 0 Å². The molecule has 0 aliphatic heterocycles. The fourth-order valence-corrected chi connectivity index (χ4v) is 3.60. The van der Waals surface area contributed by atoms with Crippen LogP contribution in [0.2, 0.25) is 0 Å². The van der Waals surface area contributed by atoms with E-state index < -0.39 is 9.28 Å². The van der Waals surface area contributed by atoms with E-state index in [1.807, 2.05) is 19.9 Å². The molecule has 0 N–H and O–H groups in total. The van der Waals surface area contributed by atoms with Crippen molar-refractivity contribution in [3.63, 3.8) is 0 Å².